The van der Waals surface area contributed by atoms with Crippen LogP contribution in [0.15, 0.2) is 30.3 Å². The summed E-state index contributed by atoms with van der Waals surface area (Å²) >= 11 is 0. The summed E-state index contributed by atoms with van der Waals surface area (Å²) in [6.45, 7) is 4.47. The van der Waals surface area contributed by atoms with Gasteiger partial charge in [-0.2, -0.15) is 0 Å². The number of hydrogen-bond acceptors (Lipinski definition) is 2. The van der Waals surface area contributed by atoms with E-state index in [4.69, 9.17) is 0 Å². The first-order valence-corrected chi connectivity index (χ1v) is 6.66. The van der Waals surface area contributed by atoms with Gasteiger partial charge in [-0.15, -0.1) is 0 Å². The quantitative estimate of drug-likeness (QED) is 0.744. The molecule has 1 rings (SSSR count). The summed E-state index contributed by atoms with van der Waals surface area (Å²) in [6, 6.07) is 11.4. The molecule has 1 unspecified atom stereocenters. The predicted molar refractivity (Wildman–Crippen MR) is 75.1 cm³/mol. The smallest absolute Gasteiger partial charge is 0.0230 e. The molecule has 17 heavy (non-hydrogen) atoms. The van der Waals surface area contributed by atoms with Crippen LogP contribution >= 0.6 is 0 Å². The lowest BCUT2D eigenvalue weighted by atomic mass is 10.1. The van der Waals surface area contributed by atoms with E-state index in [1.165, 1.54) is 31.4 Å². The molecule has 1 atom stereocenters. The Kier molecular flexibility index (Phi) is 6.90. The summed E-state index contributed by atoms with van der Waals surface area (Å²) in [5.41, 5.74) is 1.40. The molecule has 0 bridgehead atoms. The highest BCUT2D eigenvalue weighted by molar-refractivity contribution is 5.14. The summed E-state index contributed by atoms with van der Waals surface area (Å²) in [4.78, 5) is 2.40. The van der Waals surface area contributed by atoms with Gasteiger partial charge in [0.2, 0.25) is 0 Å². The lowest BCUT2D eigenvalue weighted by Crippen LogP contribution is -2.26. The lowest BCUT2D eigenvalue weighted by molar-refractivity contribution is 0.309. The Hall–Kier alpha value is -0.860. The van der Waals surface area contributed by atoms with E-state index >= 15 is 0 Å². The first-order valence-electron chi connectivity index (χ1n) is 6.66. The largest absolute Gasteiger partial charge is 0.317 e. The van der Waals surface area contributed by atoms with Crippen molar-refractivity contribution in [2.45, 2.75) is 38.8 Å². The summed E-state index contributed by atoms with van der Waals surface area (Å²) < 4.78 is 0. The number of nitrogens with one attached hydrogen (secondary N) is 1. The molecule has 96 valence electrons. The van der Waals surface area contributed by atoms with E-state index in [0.717, 1.165) is 6.54 Å². The molecule has 0 amide bonds. The maximum atomic E-state index is 3.36. The maximum absolute atomic E-state index is 3.36. The molecule has 1 aromatic carbocycles. The van der Waals surface area contributed by atoms with Crippen molar-refractivity contribution in [2.75, 3.05) is 20.6 Å². The molecule has 0 aliphatic heterocycles. The van der Waals surface area contributed by atoms with Crippen molar-refractivity contribution in [3.63, 3.8) is 0 Å². The average molecular weight is 234 g/mol. The summed E-state index contributed by atoms with van der Waals surface area (Å²) in [6.07, 6.45) is 3.76. The number of hydrogen-bond donors (Lipinski definition) is 1. The second kappa shape index (κ2) is 8.26. The fraction of sp³-hybridized carbons (Fsp3) is 0.600. The van der Waals surface area contributed by atoms with Crippen LogP contribution in [0.1, 0.15) is 31.7 Å². The summed E-state index contributed by atoms with van der Waals surface area (Å²) in [7, 11) is 4.26. The molecule has 0 aliphatic rings. The highest BCUT2D eigenvalue weighted by atomic mass is 15.1. The molecule has 0 radical (unpaired) electrons. The van der Waals surface area contributed by atoms with Gasteiger partial charge in [0.25, 0.3) is 0 Å². The molecule has 1 aromatic rings. The van der Waals surface area contributed by atoms with E-state index in [1.807, 2.05) is 0 Å². The van der Waals surface area contributed by atoms with E-state index in [-0.39, 0.29) is 0 Å². The first-order chi connectivity index (χ1) is 8.26. The molecule has 0 saturated carbocycles. The SMILES string of the molecule is CCC(CCCN(C)Cc1ccccc1)NC. The zero-order chi connectivity index (χ0) is 12.5. The average Bonchev–Trinajstić information content (AvgIpc) is 2.36. The third-order valence-corrected chi connectivity index (χ3v) is 3.29. The van der Waals surface area contributed by atoms with Gasteiger partial charge in [-0.1, -0.05) is 37.3 Å². The Morgan fingerprint density at radius 3 is 2.53 bits per heavy atom. The van der Waals surface area contributed by atoms with Crippen LogP contribution in [0, 0.1) is 0 Å². The van der Waals surface area contributed by atoms with Gasteiger partial charge in [0, 0.05) is 12.6 Å². The molecule has 1 N–H and O–H groups in total. The minimum absolute atomic E-state index is 0.681. The molecule has 2 heteroatoms. The second-order valence-corrected chi connectivity index (χ2v) is 4.76. The molecule has 0 fully saturated rings. The Morgan fingerprint density at radius 2 is 1.94 bits per heavy atom. The first kappa shape index (κ1) is 14.2. The van der Waals surface area contributed by atoms with Crippen LogP contribution in [-0.2, 0) is 6.54 Å². The highest BCUT2D eigenvalue weighted by Gasteiger charge is 2.04. The fourth-order valence-corrected chi connectivity index (χ4v) is 2.13. The normalized spacial score (nSPS) is 12.9. The molecule has 0 saturated heterocycles. The number of nitrogens with zero attached hydrogens (tertiary/aromatic N) is 1. The van der Waals surface area contributed by atoms with Gasteiger partial charge in [-0.3, -0.25) is 0 Å². The molecule has 2 nitrogen and oxygen atoms in total. The van der Waals surface area contributed by atoms with Crippen molar-refractivity contribution in [1.82, 2.24) is 10.2 Å². The Morgan fingerprint density at radius 1 is 1.24 bits per heavy atom. The monoisotopic (exact) mass is 234 g/mol. The number of benzene rings is 1. The molecule has 0 spiro atoms. The maximum Gasteiger partial charge on any atom is 0.0230 e. The van der Waals surface area contributed by atoms with E-state index in [9.17, 15) is 0 Å². The van der Waals surface area contributed by atoms with Crippen molar-refractivity contribution in [2.24, 2.45) is 0 Å². The van der Waals surface area contributed by atoms with E-state index in [2.05, 4.69) is 61.6 Å². The Balaban J connectivity index is 2.19. The van der Waals surface area contributed by atoms with Gasteiger partial charge in [0.1, 0.15) is 0 Å². The number of rotatable bonds is 8. The van der Waals surface area contributed by atoms with Gasteiger partial charge >= 0.3 is 0 Å². The van der Waals surface area contributed by atoms with E-state index in [0.29, 0.717) is 6.04 Å². The predicted octanol–water partition coefficient (Wildman–Crippen LogP) is 2.90. The standard InChI is InChI=1S/C15H26N2/c1-4-15(16-2)11-8-12-17(3)13-14-9-6-5-7-10-14/h5-7,9-10,15-16H,4,8,11-13H2,1-3H3. The molecular formula is C15H26N2. The minimum Gasteiger partial charge on any atom is -0.317 e. The van der Waals surface area contributed by atoms with Crippen molar-refractivity contribution in [3.05, 3.63) is 35.9 Å². The van der Waals surface area contributed by atoms with E-state index < -0.39 is 0 Å². The van der Waals surface area contributed by atoms with Gasteiger partial charge in [-0.05, 0) is 45.5 Å². The zero-order valence-corrected chi connectivity index (χ0v) is 11.4. The topological polar surface area (TPSA) is 15.3 Å². The zero-order valence-electron chi connectivity index (χ0n) is 11.4. The summed E-state index contributed by atoms with van der Waals surface area (Å²) in [5, 5.41) is 3.36. The summed E-state index contributed by atoms with van der Waals surface area (Å²) in [5.74, 6) is 0. The van der Waals surface area contributed by atoms with Crippen LogP contribution in [0.25, 0.3) is 0 Å². The third-order valence-electron chi connectivity index (χ3n) is 3.29. The van der Waals surface area contributed by atoms with E-state index in [1.54, 1.807) is 0 Å². The third kappa shape index (κ3) is 5.85. The molecular weight excluding hydrogens is 208 g/mol. The molecule has 0 aromatic heterocycles. The van der Waals surface area contributed by atoms with Crippen LogP contribution in [0.3, 0.4) is 0 Å². The van der Waals surface area contributed by atoms with Crippen LogP contribution < -0.4 is 5.32 Å². The Labute approximate surface area is 106 Å². The minimum atomic E-state index is 0.681. The second-order valence-electron chi connectivity index (χ2n) is 4.76. The van der Waals surface area contributed by atoms with Crippen LogP contribution in [0.2, 0.25) is 0 Å². The van der Waals surface area contributed by atoms with Crippen LogP contribution in [-0.4, -0.2) is 31.6 Å². The lowest BCUT2D eigenvalue weighted by Gasteiger charge is -2.19. The van der Waals surface area contributed by atoms with Crippen LogP contribution in [0.4, 0.5) is 0 Å². The van der Waals surface area contributed by atoms with Crippen molar-refractivity contribution in [1.29, 1.82) is 0 Å². The van der Waals surface area contributed by atoms with Crippen molar-refractivity contribution < 1.29 is 0 Å². The molecule has 0 heterocycles. The van der Waals surface area contributed by atoms with Gasteiger partial charge < -0.3 is 10.2 Å². The fourth-order valence-electron chi connectivity index (χ4n) is 2.13. The Bertz CT molecular complexity index is 280. The van der Waals surface area contributed by atoms with Crippen molar-refractivity contribution >= 4 is 0 Å². The van der Waals surface area contributed by atoms with Crippen LogP contribution in [0.5, 0.6) is 0 Å². The van der Waals surface area contributed by atoms with Gasteiger partial charge in [0.15, 0.2) is 0 Å². The van der Waals surface area contributed by atoms with Gasteiger partial charge in [0.05, 0.1) is 0 Å². The van der Waals surface area contributed by atoms with Crippen molar-refractivity contribution in [3.8, 4) is 0 Å². The molecule has 0 aliphatic carbocycles. The highest BCUT2D eigenvalue weighted by Crippen LogP contribution is 2.06. The van der Waals surface area contributed by atoms with Gasteiger partial charge in [-0.25, -0.2) is 0 Å².